The van der Waals surface area contributed by atoms with Crippen LogP contribution in [0.3, 0.4) is 0 Å². The smallest absolute Gasteiger partial charge is 0.134 e. The minimum absolute atomic E-state index is 0.0813. The van der Waals surface area contributed by atoms with E-state index in [9.17, 15) is 18.3 Å². The van der Waals surface area contributed by atoms with E-state index in [1.807, 2.05) is 32.0 Å². The molecule has 0 saturated carbocycles. The molecular formula is C16H15F3O. The molecule has 1 N–H and O–H groups in total. The molecule has 1 nitrogen and oxygen atoms in total. The van der Waals surface area contributed by atoms with Gasteiger partial charge in [-0.25, -0.2) is 13.2 Å². The minimum Gasteiger partial charge on any atom is -0.388 e. The van der Waals surface area contributed by atoms with Crippen molar-refractivity contribution in [1.29, 1.82) is 0 Å². The summed E-state index contributed by atoms with van der Waals surface area (Å²) in [6.45, 7) is 3.73. The fraction of sp³-hybridized carbons (Fsp3) is 0.250. The standard InChI is InChI=1S/C16H15F3O/c1-9-4-3-5-10(2)12(9)8-15(20)16-13(18)6-11(17)7-14(16)19/h3-7,15,20H,8H2,1-2H3. The summed E-state index contributed by atoms with van der Waals surface area (Å²) >= 11 is 0. The van der Waals surface area contributed by atoms with Gasteiger partial charge in [-0.15, -0.1) is 0 Å². The first-order valence-electron chi connectivity index (χ1n) is 6.27. The zero-order chi connectivity index (χ0) is 14.9. The molecule has 20 heavy (non-hydrogen) atoms. The Bertz CT molecular complexity index is 594. The quantitative estimate of drug-likeness (QED) is 0.901. The maximum Gasteiger partial charge on any atom is 0.134 e. The van der Waals surface area contributed by atoms with Crippen molar-refractivity contribution in [3.05, 3.63) is 70.0 Å². The van der Waals surface area contributed by atoms with Crippen molar-refractivity contribution in [2.45, 2.75) is 26.4 Å². The van der Waals surface area contributed by atoms with Crippen molar-refractivity contribution >= 4 is 0 Å². The molecule has 106 valence electrons. The fourth-order valence-electron chi connectivity index (χ4n) is 2.34. The Morgan fingerprint density at radius 2 is 1.50 bits per heavy atom. The van der Waals surface area contributed by atoms with Crippen LogP contribution in [-0.4, -0.2) is 5.11 Å². The van der Waals surface area contributed by atoms with Crippen LogP contribution >= 0.6 is 0 Å². The van der Waals surface area contributed by atoms with Gasteiger partial charge in [0.05, 0.1) is 11.7 Å². The molecule has 0 radical (unpaired) electrons. The first-order chi connectivity index (χ1) is 9.40. The summed E-state index contributed by atoms with van der Waals surface area (Å²) in [6.07, 6.45) is -1.27. The number of aryl methyl sites for hydroxylation is 2. The van der Waals surface area contributed by atoms with Crippen molar-refractivity contribution in [3.63, 3.8) is 0 Å². The molecule has 4 heteroatoms. The van der Waals surface area contributed by atoms with Gasteiger partial charge in [-0.1, -0.05) is 18.2 Å². The van der Waals surface area contributed by atoms with E-state index in [2.05, 4.69) is 0 Å². The van der Waals surface area contributed by atoms with Gasteiger partial charge in [0, 0.05) is 18.6 Å². The van der Waals surface area contributed by atoms with E-state index in [0.29, 0.717) is 12.1 Å². The highest BCUT2D eigenvalue weighted by atomic mass is 19.1. The van der Waals surface area contributed by atoms with Crippen molar-refractivity contribution in [3.8, 4) is 0 Å². The van der Waals surface area contributed by atoms with Gasteiger partial charge in [-0.2, -0.15) is 0 Å². The molecule has 0 aromatic heterocycles. The van der Waals surface area contributed by atoms with Gasteiger partial charge in [-0.05, 0) is 30.5 Å². The van der Waals surface area contributed by atoms with Crippen molar-refractivity contribution < 1.29 is 18.3 Å². The van der Waals surface area contributed by atoms with Crippen LogP contribution in [0.1, 0.15) is 28.4 Å². The summed E-state index contributed by atoms with van der Waals surface area (Å²) in [5, 5.41) is 10.1. The Morgan fingerprint density at radius 3 is 2.00 bits per heavy atom. The Kier molecular flexibility index (Phi) is 4.14. The molecule has 0 aliphatic carbocycles. The average Bonchev–Trinajstić information content (AvgIpc) is 2.32. The molecular weight excluding hydrogens is 265 g/mol. The first kappa shape index (κ1) is 14.6. The van der Waals surface area contributed by atoms with Gasteiger partial charge in [0.25, 0.3) is 0 Å². The SMILES string of the molecule is Cc1cccc(C)c1CC(O)c1c(F)cc(F)cc1F. The first-order valence-corrected chi connectivity index (χ1v) is 6.27. The second kappa shape index (κ2) is 5.67. The Morgan fingerprint density at radius 1 is 1.00 bits per heavy atom. The van der Waals surface area contributed by atoms with Crippen molar-refractivity contribution in [2.75, 3.05) is 0 Å². The van der Waals surface area contributed by atoms with Gasteiger partial charge >= 0.3 is 0 Å². The zero-order valence-corrected chi connectivity index (χ0v) is 11.3. The highest BCUT2D eigenvalue weighted by molar-refractivity contribution is 5.35. The molecule has 0 saturated heterocycles. The highest BCUT2D eigenvalue weighted by Gasteiger charge is 2.21. The molecule has 0 aliphatic rings. The van der Waals surface area contributed by atoms with Crippen LogP contribution in [0, 0.1) is 31.3 Å². The Hall–Kier alpha value is -1.81. The van der Waals surface area contributed by atoms with Gasteiger partial charge in [0.2, 0.25) is 0 Å². The molecule has 2 aromatic carbocycles. The van der Waals surface area contributed by atoms with E-state index in [1.165, 1.54) is 0 Å². The Balaban J connectivity index is 2.36. The van der Waals surface area contributed by atoms with Crippen LogP contribution in [0.25, 0.3) is 0 Å². The maximum absolute atomic E-state index is 13.6. The van der Waals surface area contributed by atoms with Crippen LogP contribution in [0.4, 0.5) is 13.2 Å². The lowest BCUT2D eigenvalue weighted by molar-refractivity contribution is 0.167. The molecule has 0 amide bonds. The van der Waals surface area contributed by atoms with E-state index in [4.69, 9.17) is 0 Å². The monoisotopic (exact) mass is 280 g/mol. The van der Waals surface area contributed by atoms with E-state index < -0.39 is 29.1 Å². The van der Waals surface area contributed by atoms with E-state index >= 15 is 0 Å². The van der Waals surface area contributed by atoms with E-state index in [-0.39, 0.29) is 6.42 Å². The lowest BCUT2D eigenvalue weighted by Gasteiger charge is -2.16. The predicted molar refractivity (Wildman–Crippen MR) is 70.9 cm³/mol. The summed E-state index contributed by atoms with van der Waals surface area (Å²) in [5.74, 6) is -3.13. The number of rotatable bonds is 3. The molecule has 0 bridgehead atoms. The summed E-state index contributed by atoms with van der Waals surface area (Å²) in [6, 6.07) is 6.76. The summed E-state index contributed by atoms with van der Waals surface area (Å²) in [5.41, 5.74) is 2.22. The number of aliphatic hydroxyl groups excluding tert-OH is 1. The van der Waals surface area contributed by atoms with Crippen LogP contribution in [0.2, 0.25) is 0 Å². The zero-order valence-electron chi connectivity index (χ0n) is 11.3. The normalized spacial score (nSPS) is 12.5. The molecule has 0 fully saturated rings. The molecule has 0 heterocycles. The fourth-order valence-corrected chi connectivity index (χ4v) is 2.34. The minimum atomic E-state index is -1.35. The molecule has 2 rings (SSSR count). The number of halogens is 3. The third-order valence-electron chi connectivity index (χ3n) is 3.42. The third kappa shape index (κ3) is 2.85. The number of aliphatic hydroxyl groups is 1. The van der Waals surface area contributed by atoms with Gasteiger partial charge in [-0.3, -0.25) is 0 Å². The molecule has 0 spiro atoms. The second-order valence-electron chi connectivity index (χ2n) is 4.87. The lowest BCUT2D eigenvalue weighted by Crippen LogP contribution is -2.09. The summed E-state index contributed by atoms with van der Waals surface area (Å²) in [7, 11) is 0. The predicted octanol–water partition coefficient (Wildman–Crippen LogP) is 4.00. The second-order valence-corrected chi connectivity index (χ2v) is 4.87. The number of benzene rings is 2. The highest BCUT2D eigenvalue weighted by Crippen LogP contribution is 2.27. The number of hydrogen-bond donors (Lipinski definition) is 1. The number of hydrogen-bond acceptors (Lipinski definition) is 1. The van der Waals surface area contributed by atoms with E-state index in [1.54, 1.807) is 0 Å². The molecule has 0 aliphatic heterocycles. The summed E-state index contributed by atoms with van der Waals surface area (Å²) in [4.78, 5) is 0. The largest absolute Gasteiger partial charge is 0.388 e. The van der Waals surface area contributed by atoms with Crippen LogP contribution in [-0.2, 0) is 6.42 Å². The average molecular weight is 280 g/mol. The van der Waals surface area contributed by atoms with Crippen molar-refractivity contribution in [2.24, 2.45) is 0 Å². The van der Waals surface area contributed by atoms with Crippen LogP contribution < -0.4 is 0 Å². The Labute approximate surface area is 115 Å². The van der Waals surface area contributed by atoms with Gasteiger partial charge in [0.15, 0.2) is 0 Å². The van der Waals surface area contributed by atoms with Gasteiger partial charge < -0.3 is 5.11 Å². The lowest BCUT2D eigenvalue weighted by atomic mass is 9.94. The third-order valence-corrected chi connectivity index (χ3v) is 3.42. The van der Waals surface area contributed by atoms with Crippen LogP contribution in [0.15, 0.2) is 30.3 Å². The molecule has 2 aromatic rings. The van der Waals surface area contributed by atoms with Gasteiger partial charge in [0.1, 0.15) is 17.5 Å². The maximum atomic E-state index is 13.6. The van der Waals surface area contributed by atoms with Crippen molar-refractivity contribution in [1.82, 2.24) is 0 Å². The summed E-state index contributed by atoms with van der Waals surface area (Å²) < 4.78 is 40.1. The van der Waals surface area contributed by atoms with Crippen LogP contribution in [0.5, 0.6) is 0 Å². The molecule has 1 atom stereocenters. The molecule has 1 unspecified atom stereocenters. The topological polar surface area (TPSA) is 20.2 Å². The van der Waals surface area contributed by atoms with E-state index in [0.717, 1.165) is 16.7 Å².